The first kappa shape index (κ1) is 32.4. The number of rotatable bonds is 9. The number of carbonyl (C=O) groups is 1. The maximum Gasteiger partial charge on any atom is 0.416 e. The second-order valence-corrected chi connectivity index (χ2v) is 15.0. The summed E-state index contributed by atoms with van der Waals surface area (Å²) in [6, 6.07) is 18.7. The van der Waals surface area contributed by atoms with Gasteiger partial charge < -0.3 is 10.1 Å². The summed E-state index contributed by atoms with van der Waals surface area (Å²) in [4.78, 5) is 14.0. The molecule has 1 amide bonds. The quantitative estimate of drug-likeness (QED) is 0.207. The number of nitrogens with zero attached hydrogens (tertiary/aromatic N) is 1. The second kappa shape index (κ2) is 12.4. The van der Waals surface area contributed by atoms with Crippen LogP contribution in [0.1, 0.15) is 35.3 Å². The number of nitrogens with one attached hydrogen (secondary N) is 1. The lowest BCUT2D eigenvalue weighted by molar-refractivity contribution is -0.137. The molecule has 1 aliphatic heterocycles. The van der Waals surface area contributed by atoms with Crippen molar-refractivity contribution in [1.29, 1.82) is 0 Å². The summed E-state index contributed by atoms with van der Waals surface area (Å²) in [5.74, 6) is -0.0449. The normalized spacial score (nSPS) is 13.1. The Balaban J connectivity index is 1.49. The Labute approximate surface area is 263 Å². The van der Waals surface area contributed by atoms with Crippen molar-refractivity contribution in [2.24, 2.45) is 0 Å². The molecule has 0 saturated heterocycles. The fourth-order valence-electron chi connectivity index (χ4n) is 4.60. The molecular weight excluding hydrogens is 650 g/mol. The number of halogens is 3. The molecule has 0 spiro atoms. The van der Waals surface area contributed by atoms with Gasteiger partial charge >= 0.3 is 6.18 Å². The van der Waals surface area contributed by atoms with Crippen LogP contribution in [0.5, 0.6) is 5.75 Å². The Morgan fingerprint density at radius 3 is 2.11 bits per heavy atom. The molecule has 4 aromatic carbocycles. The predicted molar refractivity (Wildman–Crippen MR) is 164 cm³/mol. The average molecular weight is 677 g/mol. The predicted octanol–water partition coefficient (Wildman–Crippen LogP) is 6.82. The van der Waals surface area contributed by atoms with Gasteiger partial charge in [0.05, 0.1) is 39.1 Å². The van der Waals surface area contributed by atoms with Crippen LogP contribution in [0.15, 0.2) is 105 Å². The molecule has 1 aliphatic rings. The van der Waals surface area contributed by atoms with Crippen molar-refractivity contribution in [3.63, 3.8) is 0 Å². The summed E-state index contributed by atoms with van der Waals surface area (Å²) in [5, 5.41) is 2.75. The van der Waals surface area contributed by atoms with Gasteiger partial charge in [0, 0.05) is 21.9 Å². The summed E-state index contributed by atoms with van der Waals surface area (Å²) in [7, 11) is -7.83. The largest absolute Gasteiger partial charge is 0.494 e. The van der Waals surface area contributed by atoms with Crippen molar-refractivity contribution in [3.05, 3.63) is 102 Å². The van der Waals surface area contributed by atoms with Crippen LogP contribution in [0.4, 0.5) is 24.5 Å². The number of hydrogen-bond acceptors (Lipinski definition) is 7. The monoisotopic (exact) mass is 676 g/mol. The molecule has 0 fully saturated rings. The molecule has 0 bridgehead atoms. The highest BCUT2D eigenvalue weighted by Crippen LogP contribution is 2.51. The zero-order valence-electron chi connectivity index (χ0n) is 24.0. The van der Waals surface area contributed by atoms with E-state index < -0.39 is 37.5 Å². The molecule has 1 N–H and O–H groups in total. The number of anilines is 2. The van der Waals surface area contributed by atoms with Crippen LogP contribution in [0.3, 0.4) is 0 Å². The molecule has 0 radical (unpaired) electrons. The molecule has 0 atom stereocenters. The molecule has 0 unspecified atom stereocenters. The lowest BCUT2D eigenvalue weighted by atomic mass is 10.1. The van der Waals surface area contributed by atoms with E-state index in [0.717, 1.165) is 16.4 Å². The number of sulfonamides is 1. The molecule has 1 heterocycles. The summed E-state index contributed by atoms with van der Waals surface area (Å²) in [6.45, 7) is 3.82. The lowest BCUT2D eigenvalue weighted by Crippen LogP contribution is -2.29. The van der Waals surface area contributed by atoms with Crippen molar-refractivity contribution in [2.75, 3.05) is 16.7 Å². The van der Waals surface area contributed by atoms with Gasteiger partial charge in [-0.15, -0.1) is 0 Å². The van der Waals surface area contributed by atoms with Crippen molar-refractivity contribution < 1.29 is 39.5 Å². The van der Waals surface area contributed by atoms with Crippen LogP contribution in [-0.2, 0) is 32.6 Å². The van der Waals surface area contributed by atoms with E-state index in [1.807, 2.05) is 6.92 Å². The third-order valence-electron chi connectivity index (χ3n) is 6.96. The van der Waals surface area contributed by atoms with Crippen LogP contribution in [0.2, 0.25) is 0 Å². The standard InChI is InChI=1S/C31H27F3N2O6S3/c1-3-42-23-10-15-26-29(18-23)43-28-16-7-21(30(37)35-19-20-5-11-24(12-6-20)44(38,39)4-2)17-27(28)36(26)45(40,41)25-13-8-22(9-14-25)31(32,33)34/h5-18H,3-4,19H2,1-2H3,(H,35,37). The maximum atomic E-state index is 14.1. The van der Waals surface area contributed by atoms with Gasteiger partial charge in [-0.2, -0.15) is 13.2 Å². The minimum atomic E-state index is -4.64. The van der Waals surface area contributed by atoms with E-state index in [9.17, 15) is 34.8 Å². The van der Waals surface area contributed by atoms with Gasteiger partial charge in [0.15, 0.2) is 9.84 Å². The van der Waals surface area contributed by atoms with E-state index in [4.69, 9.17) is 4.74 Å². The Bertz CT molecular complexity index is 1960. The highest BCUT2D eigenvalue weighted by atomic mass is 32.2. The zero-order chi connectivity index (χ0) is 32.6. The summed E-state index contributed by atoms with van der Waals surface area (Å²) in [6.07, 6.45) is -4.64. The minimum Gasteiger partial charge on any atom is -0.494 e. The van der Waals surface area contributed by atoms with Gasteiger partial charge in [-0.3, -0.25) is 4.79 Å². The number of hydrogen-bond donors (Lipinski definition) is 1. The highest BCUT2D eigenvalue weighted by Gasteiger charge is 2.36. The Kier molecular flexibility index (Phi) is 8.93. The van der Waals surface area contributed by atoms with Crippen LogP contribution in [0.25, 0.3) is 0 Å². The fraction of sp³-hybridized carbons (Fsp3) is 0.194. The summed E-state index contributed by atoms with van der Waals surface area (Å²) < 4.78 is 98.5. The van der Waals surface area contributed by atoms with Crippen LogP contribution >= 0.6 is 11.8 Å². The zero-order valence-corrected chi connectivity index (χ0v) is 26.4. The van der Waals surface area contributed by atoms with Gasteiger partial charge in [-0.25, -0.2) is 21.1 Å². The molecule has 14 heteroatoms. The van der Waals surface area contributed by atoms with Gasteiger partial charge in [-0.1, -0.05) is 30.8 Å². The Morgan fingerprint density at radius 1 is 0.822 bits per heavy atom. The fourth-order valence-corrected chi connectivity index (χ4v) is 8.18. The van der Waals surface area contributed by atoms with Gasteiger partial charge in [0.2, 0.25) is 0 Å². The number of carbonyl (C=O) groups excluding carboxylic acids is 1. The molecule has 0 saturated carbocycles. The van der Waals surface area contributed by atoms with Crippen molar-refractivity contribution in [3.8, 4) is 5.75 Å². The summed E-state index contributed by atoms with van der Waals surface area (Å²) in [5.41, 5.74) is 0.200. The number of alkyl halides is 3. The number of ether oxygens (including phenoxy) is 1. The van der Waals surface area contributed by atoms with Crippen LogP contribution in [-0.4, -0.2) is 35.1 Å². The number of amides is 1. The lowest BCUT2D eigenvalue weighted by Gasteiger charge is -2.32. The minimum absolute atomic E-state index is 0.0382. The van der Waals surface area contributed by atoms with E-state index in [0.29, 0.717) is 39.8 Å². The first-order valence-corrected chi connectivity index (χ1v) is 17.6. The van der Waals surface area contributed by atoms with Crippen molar-refractivity contribution >= 4 is 48.9 Å². The van der Waals surface area contributed by atoms with E-state index in [-0.39, 0.29) is 39.0 Å². The van der Waals surface area contributed by atoms with Gasteiger partial charge in [0.25, 0.3) is 15.9 Å². The molecule has 0 aliphatic carbocycles. The third kappa shape index (κ3) is 6.67. The van der Waals surface area contributed by atoms with Crippen molar-refractivity contribution in [2.45, 2.75) is 46.2 Å². The maximum absolute atomic E-state index is 14.1. The topological polar surface area (TPSA) is 110 Å². The van der Waals surface area contributed by atoms with Crippen LogP contribution < -0.4 is 14.4 Å². The molecule has 4 aromatic rings. The SMILES string of the molecule is CCOc1ccc2c(c1)Sc1ccc(C(=O)NCc3ccc(S(=O)(=O)CC)cc3)cc1N2S(=O)(=O)c1ccc(C(F)(F)F)cc1. The van der Waals surface area contributed by atoms with E-state index in [2.05, 4.69) is 5.32 Å². The molecular formula is C31H27F3N2O6S3. The van der Waals surface area contributed by atoms with Crippen LogP contribution in [0, 0.1) is 0 Å². The molecule has 0 aromatic heterocycles. The molecule has 45 heavy (non-hydrogen) atoms. The number of sulfone groups is 1. The molecule has 5 rings (SSSR count). The molecule has 8 nitrogen and oxygen atoms in total. The first-order chi connectivity index (χ1) is 21.2. The van der Waals surface area contributed by atoms with E-state index in [1.54, 1.807) is 49.4 Å². The Hall–Kier alpha value is -4.01. The van der Waals surface area contributed by atoms with E-state index >= 15 is 0 Å². The van der Waals surface area contributed by atoms with Gasteiger partial charge in [0.1, 0.15) is 5.75 Å². The smallest absolute Gasteiger partial charge is 0.416 e. The summed E-state index contributed by atoms with van der Waals surface area (Å²) >= 11 is 1.26. The first-order valence-electron chi connectivity index (χ1n) is 13.7. The second-order valence-electron chi connectivity index (χ2n) is 9.87. The highest BCUT2D eigenvalue weighted by molar-refractivity contribution is 8.00. The third-order valence-corrected chi connectivity index (χ3v) is 11.6. The van der Waals surface area contributed by atoms with Gasteiger partial charge in [-0.05, 0) is 85.3 Å². The number of benzene rings is 4. The Morgan fingerprint density at radius 2 is 1.49 bits per heavy atom. The average Bonchev–Trinajstić information content (AvgIpc) is 3.02. The number of fused-ring (bicyclic) bond motifs is 2. The van der Waals surface area contributed by atoms with E-state index in [1.165, 1.54) is 30.0 Å². The van der Waals surface area contributed by atoms with Crippen molar-refractivity contribution in [1.82, 2.24) is 5.32 Å². The molecule has 236 valence electrons.